The molecule has 2 amide bonds. The summed E-state index contributed by atoms with van der Waals surface area (Å²) in [5.41, 5.74) is 7.58. The molecule has 0 radical (unpaired) electrons. The first-order valence-electron chi connectivity index (χ1n) is 5.07. The van der Waals surface area contributed by atoms with E-state index in [1.165, 1.54) is 0 Å². The van der Waals surface area contributed by atoms with Gasteiger partial charge in [0.2, 0.25) is 0 Å². The maximum Gasteiger partial charge on any atom is 0.323 e. The first-order valence-corrected chi connectivity index (χ1v) is 5.07. The third kappa shape index (κ3) is 3.20. The van der Waals surface area contributed by atoms with Crippen LogP contribution in [0.25, 0.3) is 0 Å². The minimum atomic E-state index is -0.305. The summed E-state index contributed by atoms with van der Waals surface area (Å²) in [5, 5.41) is 5.38. The van der Waals surface area contributed by atoms with E-state index in [-0.39, 0.29) is 6.03 Å². The standard InChI is InChI=1S/C12H12N4O/c13-9-1-3-10(4-2-9)15-12(17)16-11-5-7-14-8-6-11/h1-8H,13H2,(H2,14,15,16,17). The van der Waals surface area contributed by atoms with Gasteiger partial charge in [0.25, 0.3) is 0 Å². The van der Waals surface area contributed by atoms with Crippen molar-refractivity contribution in [2.24, 2.45) is 0 Å². The van der Waals surface area contributed by atoms with Crippen LogP contribution in [0.1, 0.15) is 0 Å². The van der Waals surface area contributed by atoms with Gasteiger partial charge >= 0.3 is 6.03 Å². The molecule has 2 aromatic rings. The fraction of sp³-hybridized carbons (Fsp3) is 0. The summed E-state index contributed by atoms with van der Waals surface area (Å²) < 4.78 is 0. The van der Waals surface area contributed by atoms with Crippen LogP contribution in [0.5, 0.6) is 0 Å². The molecule has 0 fully saturated rings. The van der Waals surface area contributed by atoms with E-state index in [1.54, 1.807) is 48.8 Å². The third-order valence-corrected chi connectivity index (χ3v) is 2.11. The number of nitrogens with zero attached hydrogens (tertiary/aromatic N) is 1. The molecule has 0 saturated carbocycles. The molecule has 0 aliphatic rings. The molecular formula is C12H12N4O. The second-order valence-corrected chi connectivity index (χ2v) is 3.44. The van der Waals surface area contributed by atoms with Gasteiger partial charge in [0.05, 0.1) is 0 Å². The van der Waals surface area contributed by atoms with Crippen molar-refractivity contribution in [3.05, 3.63) is 48.8 Å². The quantitative estimate of drug-likeness (QED) is 0.690. The fourth-order valence-corrected chi connectivity index (χ4v) is 1.30. The van der Waals surface area contributed by atoms with Gasteiger partial charge in [0.1, 0.15) is 0 Å². The summed E-state index contributed by atoms with van der Waals surface area (Å²) in [6, 6.07) is 10.0. The lowest BCUT2D eigenvalue weighted by molar-refractivity contribution is 0.262. The van der Waals surface area contributed by atoms with Gasteiger partial charge in [-0.2, -0.15) is 0 Å². The second kappa shape index (κ2) is 4.98. The molecule has 1 heterocycles. The largest absolute Gasteiger partial charge is 0.399 e. The van der Waals surface area contributed by atoms with Gasteiger partial charge in [-0.05, 0) is 36.4 Å². The SMILES string of the molecule is Nc1ccc(NC(=O)Nc2ccncc2)cc1. The summed E-state index contributed by atoms with van der Waals surface area (Å²) in [4.78, 5) is 15.5. The number of nitrogens with two attached hydrogens (primary N) is 1. The minimum absolute atomic E-state index is 0.305. The van der Waals surface area contributed by atoms with Crippen molar-refractivity contribution >= 4 is 23.1 Å². The van der Waals surface area contributed by atoms with Crippen molar-refractivity contribution in [2.45, 2.75) is 0 Å². The number of benzene rings is 1. The molecule has 0 bridgehead atoms. The molecule has 0 unspecified atom stereocenters. The summed E-state index contributed by atoms with van der Waals surface area (Å²) >= 11 is 0. The molecule has 4 N–H and O–H groups in total. The summed E-state index contributed by atoms with van der Waals surface area (Å²) in [6.45, 7) is 0. The first kappa shape index (κ1) is 10.9. The van der Waals surface area contributed by atoms with Crippen molar-refractivity contribution in [2.75, 3.05) is 16.4 Å². The van der Waals surface area contributed by atoms with Gasteiger partial charge in [-0.3, -0.25) is 4.98 Å². The summed E-state index contributed by atoms with van der Waals surface area (Å²) in [5.74, 6) is 0. The van der Waals surface area contributed by atoms with Crippen LogP contribution in [0.2, 0.25) is 0 Å². The molecule has 5 heteroatoms. The second-order valence-electron chi connectivity index (χ2n) is 3.44. The maximum absolute atomic E-state index is 11.6. The maximum atomic E-state index is 11.6. The number of nitrogen functional groups attached to an aromatic ring is 1. The number of nitrogens with one attached hydrogen (secondary N) is 2. The zero-order chi connectivity index (χ0) is 12.1. The van der Waals surface area contributed by atoms with Gasteiger partial charge < -0.3 is 16.4 Å². The number of carbonyl (C=O) groups is 1. The smallest absolute Gasteiger partial charge is 0.323 e. The Morgan fingerprint density at radius 1 is 0.941 bits per heavy atom. The van der Waals surface area contributed by atoms with Crippen molar-refractivity contribution in [1.82, 2.24) is 4.98 Å². The molecule has 2 rings (SSSR count). The Kier molecular flexibility index (Phi) is 3.20. The predicted octanol–water partition coefficient (Wildman–Crippen LogP) is 2.31. The Labute approximate surface area is 98.7 Å². The van der Waals surface area contributed by atoms with Crippen LogP contribution < -0.4 is 16.4 Å². The Bertz CT molecular complexity index is 496. The number of pyridine rings is 1. The van der Waals surface area contributed by atoms with Gasteiger partial charge in [-0.15, -0.1) is 0 Å². The summed E-state index contributed by atoms with van der Waals surface area (Å²) in [6.07, 6.45) is 3.22. The number of hydrogen-bond donors (Lipinski definition) is 3. The zero-order valence-corrected chi connectivity index (χ0v) is 9.05. The van der Waals surface area contributed by atoms with Crippen LogP contribution in [-0.4, -0.2) is 11.0 Å². The van der Waals surface area contributed by atoms with Gasteiger partial charge in [-0.25, -0.2) is 4.79 Å². The highest BCUT2D eigenvalue weighted by atomic mass is 16.2. The molecule has 1 aromatic carbocycles. The van der Waals surface area contributed by atoms with Crippen molar-refractivity contribution in [1.29, 1.82) is 0 Å². The number of aromatic nitrogens is 1. The number of amides is 2. The minimum Gasteiger partial charge on any atom is -0.399 e. The van der Waals surface area contributed by atoms with E-state index in [1.807, 2.05) is 0 Å². The highest BCUT2D eigenvalue weighted by Crippen LogP contribution is 2.11. The van der Waals surface area contributed by atoms with E-state index in [0.717, 1.165) is 0 Å². The van der Waals surface area contributed by atoms with E-state index >= 15 is 0 Å². The third-order valence-electron chi connectivity index (χ3n) is 2.11. The lowest BCUT2D eigenvalue weighted by Gasteiger charge is -2.07. The van der Waals surface area contributed by atoms with Crippen LogP contribution in [-0.2, 0) is 0 Å². The van der Waals surface area contributed by atoms with Crippen molar-refractivity contribution < 1.29 is 4.79 Å². The molecule has 0 aliphatic heterocycles. The van der Waals surface area contributed by atoms with Gasteiger partial charge in [0.15, 0.2) is 0 Å². The van der Waals surface area contributed by atoms with Crippen LogP contribution >= 0.6 is 0 Å². The topological polar surface area (TPSA) is 80.0 Å². The fourth-order valence-electron chi connectivity index (χ4n) is 1.30. The van der Waals surface area contributed by atoms with Crippen LogP contribution in [0.15, 0.2) is 48.8 Å². The zero-order valence-electron chi connectivity index (χ0n) is 9.05. The number of anilines is 3. The highest BCUT2D eigenvalue weighted by molar-refractivity contribution is 5.99. The van der Waals surface area contributed by atoms with Crippen LogP contribution in [0.4, 0.5) is 21.9 Å². The molecule has 0 spiro atoms. The monoisotopic (exact) mass is 228 g/mol. The van der Waals surface area contributed by atoms with Gasteiger partial charge in [-0.1, -0.05) is 0 Å². The molecule has 0 saturated heterocycles. The molecule has 17 heavy (non-hydrogen) atoms. The summed E-state index contributed by atoms with van der Waals surface area (Å²) in [7, 11) is 0. The average Bonchev–Trinajstić information content (AvgIpc) is 2.33. The number of hydrogen-bond acceptors (Lipinski definition) is 3. The Balaban J connectivity index is 1.96. The molecular weight excluding hydrogens is 216 g/mol. The Hall–Kier alpha value is -2.56. The number of urea groups is 1. The van der Waals surface area contributed by atoms with E-state index in [9.17, 15) is 4.79 Å². The molecule has 0 atom stereocenters. The average molecular weight is 228 g/mol. The van der Waals surface area contributed by atoms with E-state index < -0.39 is 0 Å². The highest BCUT2D eigenvalue weighted by Gasteiger charge is 2.01. The van der Waals surface area contributed by atoms with E-state index in [4.69, 9.17) is 5.73 Å². The Morgan fingerprint density at radius 3 is 2.06 bits per heavy atom. The molecule has 86 valence electrons. The first-order chi connectivity index (χ1) is 8.24. The molecule has 5 nitrogen and oxygen atoms in total. The molecule has 1 aromatic heterocycles. The predicted molar refractivity (Wildman–Crippen MR) is 67.7 cm³/mol. The van der Waals surface area contributed by atoms with Crippen molar-refractivity contribution in [3.63, 3.8) is 0 Å². The van der Waals surface area contributed by atoms with E-state index in [0.29, 0.717) is 17.1 Å². The van der Waals surface area contributed by atoms with Gasteiger partial charge in [0, 0.05) is 29.5 Å². The molecule has 0 aliphatic carbocycles. The lowest BCUT2D eigenvalue weighted by Crippen LogP contribution is -2.19. The van der Waals surface area contributed by atoms with Crippen LogP contribution in [0, 0.1) is 0 Å². The number of rotatable bonds is 2. The normalized spacial score (nSPS) is 9.65. The number of carbonyl (C=O) groups excluding carboxylic acids is 1. The Morgan fingerprint density at radius 2 is 1.47 bits per heavy atom. The van der Waals surface area contributed by atoms with Crippen molar-refractivity contribution in [3.8, 4) is 0 Å². The lowest BCUT2D eigenvalue weighted by atomic mass is 10.3. The van der Waals surface area contributed by atoms with E-state index in [2.05, 4.69) is 15.6 Å². The van der Waals surface area contributed by atoms with Crippen LogP contribution in [0.3, 0.4) is 0 Å².